The molecule has 0 aliphatic heterocycles. The lowest BCUT2D eigenvalue weighted by Crippen LogP contribution is -2.38. The van der Waals surface area contributed by atoms with E-state index in [-0.39, 0.29) is 5.82 Å². The van der Waals surface area contributed by atoms with Crippen molar-refractivity contribution in [2.24, 2.45) is 0 Å². The summed E-state index contributed by atoms with van der Waals surface area (Å²) in [5.41, 5.74) is 5.58. The van der Waals surface area contributed by atoms with Gasteiger partial charge in [0.2, 0.25) is 0 Å². The topological polar surface area (TPSA) is 29.9 Å². The minimum Gasteiger partial charge on any atom is -0.371 e. The van der Waals surface area contributed by atoms with Gasteiger partial charge < -0.3 is 5.32 Å². The molecule has 0 saturated carbocycles. The number of rotatable bonds is 6. The predicted molar refractivity (Wildman–Crippen MR) is 149 cm³/mol. The number of hydrogen-bond donors (Lipinski definition) is 1. The molecule has 0 radical (unpaired) electrons. The predicted octanol–water partition coefficient (Wildman–Crippen LogP) is 7.72. The number of fused-ring (bicyclic) bond motifs is 1. The van der Waals surface area contributed by atoms with Crippen LogP contribution in [0, 0.1) is 5.82 Å². The van der Waals surface area contributed by atoms with Crippen LogP contribution in [-0.2, 0) is 5.54 Å². The molecule has 0 spiro atoms. The zero-order chi connectivity index (χ0) is 25.2. The molecule has 0 atom stereocenters. The van der Waals surface area contributed by atoms with E-state index in [2.05, 4.69) is 101 Å². The van der Waals surface area contributed by atoms with E-state index in [1.165, 1.54) is 12.1 Å². The van der Waals surface area contributed by atoms with Gasteiger partial charge in [0.15, 0.2) is 5.82 Å². The maximum absolute atomic E-state index is 13.6. The highest BCUT2D eigenvalue weighted by molar-refractivity contribution is 5.94. The Labute approximate surface area is 215 Å². The average molecular weight is 484 g/mol. The van der Waals surface area contributed by atoms with Crippen LogP contribution in [-0.4, -0.2) is 16.8 Å². The number of anilines is 1. The molecule has 0 unspecified atom stereocenters. The van der Waals surface area contributed by atoms with Gasteiger partial charge in [0.25, 0.3) is 0 Å². The van der Waals surface area contributed by atoms with E-state index in [4.69, 9.17) is 5.10 Å². The highest BCUT2D eigenvalue weighted by Crippen LogP contribution is 2.43. The lowest BCUT2D eigenvalue weighted by Gasteiger charge is -2.37. The van der Waals surface area contributed by atoms with E-state index in [0.717, 1.165) is 44.5 Å². The lowest BCUT2D eigenvalue weighted by atomic mass is 9.77. The van der Waals surface area contributed by atoms with Crippen LogP contribution >= 0.6 is 0 Å². The third-order valence-corrected chi connectivity index (χ3v) is 6.99. The second kappa shape index (κ2) is 9.40. The Bertz CT molecular complexity index is 1540. The van der Waals surface area contributed by atoms with Gasteiger partial charge in [-0.15, -0.1) is 0 Å². The molecule has 5 aromatic carbocycles. The van der Waals surface area contributed by atoms with Crippen molar-refractivity contribution in [3.63, 3.8) is 0 Å². The Kier molecular flexibility index (Phi) is 5.78. The van der Waals surface area contributed by atoms with Crippen molar-refractivity contribution in [3.8, 4) is 11.1 Å². The lowest BCUT2D eigenvalue weighted by molar-refractivity contribution is 0.477. The normalized spacial score (nSPS) is 11.5. The molecule has 4 heteroatoms. The molecule has 0 aliphatic carbocycles. The van der Waals surface area contributed by atoms with Gasteiger partial charge in [-0.1, -0.05) is 109 Å². The fourth-order valence-corrected chi connectivity index (χ4v) is 5.29. The summed E-state index contributed by atoms with van der Waals surface area (Å²) in [6, 6.07) is 44.5. The summed E-state index contributed by atoms with van der Waals surface area (Å²) < 4.78 is 15.7. The Hall–Kier alpha value is -4.70. The molecular formula is C33H26FN3. The fraction of sp³-hybridized carbons (Fsp3) is 0.0606. The summed E-state index contributed by atoms with van der Waals surface area (Å²) in [4.78, 5) is 0. The number of halogens is 1. The number of aromatic nitrogens is 2. The molecular weight excluding hydrogens is 457 g/mol. The van der Waals surface area contributed by atoms with Crippen molar-refractivity contribution >= 4 is 16.7 Å². The van der Waals surface area contributed by atoms with E-state index in [1.807, 2.05) is 37.4 Å². The Morgan fingerprint density at radius 3 is 1.59 bits per heavy atom. The van der Waals surface area contributed by atoms with Crippen molar-refractivity contribution in [1.82, 2.24) is 9.78 Å². The highest BCUT2D eigenvalue weighted by atomic mass is 19.1. The van der Waals surface area contributed by atoms with Gasteiger partial charge in [-0.05, 0) is 52.1 Å². The van der Waals surface area contributed by atoms with Crippen LogP contribution in [0.15, 0.2) is 133 Å². The second-order valence-electron chi connectivity index (χ2n) is 9.06. The number of nitrogens with one attached hydrogen (secondary N) is 1. The van der Waals surface area contributed by atoms with Crippen molar-refractivity contribution in [2.45, 2.75) is 5.54 Å². The van der Waals surface area contributed by atoms with Crippen molar-refractivity contribution in [3.05, 3.63) is 156 Å². The first-order chi connectivity index (χ1) is 18.2. The molecule has 37 heavy (non-hydrogen) atoms. The van der Waals surface area contributed by atoms with Crippen LogP contribution < -0.4 is 5.32 Å². The van der Waals surface area contributed by atoms with Crippen LogP contribution in [0.4, 0.5) is 10.2 Å². The van der Waals surface area contributed by atoms with Crippen molar-refractivity contribution < 1.29 is 4.39 Å². The standard InChI is InChI=1S/C33H26FN3/c1-35-32-30-23-25(24-17-20-29(34)21-18-24)19-22-31(30)37(36-32)33(26-11-5-2-6-12-26,27-13-7-3-8-14-27)28-15-9-4-10-16-28/h2-23H,1H3,(H,35,36). The summed E-state index contributed by atoms with van der Waals surface area (Å²) >= 11 is 0. The number of nitrogens with zero attached hydrogens (tertiary/aromatic N) is 2. The third kappa shape index (κ3) is 3.78. The first-order valence-corrected chi connectivity index (χ1v) is 12.4. The molecule has 1 N–H and O–H groups in total. The monoisotopic (exact) mass is 483 g/mol. The van der Waals surface area contributed by atoms with E-state index < -0.39 is 5.54 Å². The Morgan fingerprint density at radius 1 is 0.622 bits per heavy atom. The molecule has 3 nitrogen and oxygen atoms in total. The molecule has 1 aromatic heterocycles. The van der Waals surface area contributed by atoms with Crippen LogP contribution in [0.2, 0.25) is 0 Å². The van der Waals surface area contributed by atoms with Gasteiger partial charge >= 0.3 is 0 Å². The van der Waals surface area contributed by atoms with Crippen LogP contribution in [0.25, 0.3) is 22.0 Å². The summed E-state index contributed by atoms with van der Waals surface area (Å²) in [7, 11) is 1.89. The first-order valence-electron chi connectivity index (χ1n) is 12.4. The maximum Gasteiger partial charge on any atom is 0.155 e. The van der Waals surface area contributed by atoms with E-state index >= 15 is 0 Å². The molecule has 0 fully saturated rings. The molecule has 0 bridgehead atoms. The SMILES string of the molecule is CNc1nn(C(c2ccccc2)(c2ccccc2)c2ccccc2)c2ccc(-c3ccc(F)cc3)cc12. The molecule has 180 valence electrons. The third-order valence-electron chi connectivity index (χ3n) is 6.99. The van der Waals surface area contributed by atoms with Gasteiger partial charge in [0, 0.05) is 12.4 Å². The zero-order valence-electron chi connectivity index (χ0n) is 20.5. The van der Waals surface area contributed by atoms with Crippen LogP contribution in [0.5, 0.6) is 0 Å². The fourth-order valence-electron chi connectivity index (χ4n) is 5.29. The first kappa shape index (κ1) is 22.7. The summed E-state index contributed by atoms with van der Waals surface area (Å²) in [5.74, 6) is 0.540. The van der Waals surface area contributed by atoms with Gasteiger partial charge in [0.1, 0.15) is 11.4 Å². The molecule has 0 amide bonds. The minimum absolute atomic E-state index is 0.244. The summed E-state index contributed by atoms with van der Waals surface area (Å²) in [6.07, 6.45) is 0. The maximum atomic E-state index is 13.6. The molecule has 1 heterocycles. The van der Waals surface area contributed by atoms with Gasteiger partial charge in [-0.25, -0.2) is 9.07 Å². The van der Waals surface area contributed by atoms with Gasteiger partial charge in [0.05, 0.1) is 5.52 Å². The average Bonchev–Trinajstić information content (AvgIpc) is 3.34. The van der Waals surface area contributed by atoms with Gasteiger partial charge in [-0.2, -0.15) is 5.10 Å². The smallest absolute Gasteiger partial charge is 0.155 e. The highest BCUT2D eigenvalue weighted by Gasteiger charge is 2.40. The molecule has 0 aliphatic rings. The summed E-state index contributed by atoms with van der Waals surface area (Å²) in [6.45, 7) is 0. The second-order valence-corrected chi connectivity index (χ2v) is 9.06. The number of benzene rings is 5. The summed E-state index contributed by atoms with van der Waals surface area (Å²) in [5, 5.41) is 9.51. The van der Waals surface area contributed by atoms with Crippen molar-refractivity contribution in [2.75, 3.05) is 12.4 Å². The van der Waals surface area contributed by atoms with E-state index in [1.54, 1.807) is 0 Å². The van der Waals surface area contributed by atoms with E-state index in [0.29, 0.717) is 0 Å². The Morgan fingerprint density at radius 2 is 1.11 bits per heavy atom. The quantitative estimate of drug-likeness (QED) is 0.246. The van der Waals surface area contributed by atoms with E-state index in [9.17, 15) is 4.39 Å². The number of hydrogen-bond acceptors (Lipinski definition) is 2. The van der Waals surface area contributed by atoms with Crippen molar-refractivity contribution in [1.29, 1.82) is 0 Å². The Balaban J connectivity index is 1.70. The largest absolute Gasteiger partial charge is 0.371 e. The molecule has 0 saturated heterocycles. The molecule has 6 aromatic rings. The van der Waals surface area contributed by atoms with Gasteiger partial charge in [-0.3, -0.25) is 0 Å². The van der Waals surface area contributed by atoms with Crippen LogP contribution in [0.3, 0.4) is 0 Å². The zero-order valence-corrected chi connectivity index (χ0v) is 20.5. The molecule has 6 rings (SSSR count). The minimum atomic E-state index is -0.714. The van der Waals surface area contributed by atoms with Crippen LogP contribution in [0.1, 0.15) is 16.7 Å².